The average molecular weight is 611 g/mol. The zero-order valence-corrected chi connectivity index (χ0v) is 23.7. The number of pyridine rings is 1. The summed E-state index contributed by atoms with van der Waals surface area (Å²) in [6, 6.07) is 13.5. The quantitative estimate of drug-likeness (QED) is 0.301. The highest BCUT2D eigenvalue weighted by Crippen LogP contribution is 2.34. The van der Waals surface area contributed by atoms with Crippen molar-refractivity contribution >= 4 is 50.7 Å². The van der Waals surface area contributed by atoms with E-state index in [0.717, 1.165) is 33.4 Å². The number of aryl methyl sites for hydroxylation is 2. The molecule has 37 heavy (non-hydrogen) atoms. The molecule has 4 aromatic rings. The molecule has 0 bridgehead atoms. The van der Waals surface area contributed by atoms with E-state index in [1.54, 1.807) is 14.0 Å². The summed E-state index contributed by atoms with van der Waals surface area (Å²) in [4.78, 5) is 41.3. The van der Waals surface area contributed by atoms with E-state index in [0.29, 0.717) is 28.0 Å². The number of hydrogen-bond donors (Lipinski definition) is 2. The smallest absolute Gasteiger partial charge is 0.336 e. The van der Waals surface area contributed by atoms with Crippen molar-refractivity contribution in [2.45, 2.75) is 52.6 Å². The Bertz CT molecular complexity index is 1730. The van der Waals surface area contributed by atoms with Crippen LogP contribution in [0.15, 0.2) is 56.8 Å². The SMILES string of the molecule is Cc1cc(I)ccc1Nc1c2c(=O)n(C3CC3)c(=O)n(-c3cccc(NC(C)C)c3)c2c(C)c(=O)n1C. The van der Waals surface area contributed by atoms with Gasteiger partial charge in [0.1, 0.15) is 11.2 Å². The lowest BCUT2D eigenvalue weighted by Crippen LogP contribution is -2.41. The topological polar surface area (TPSA) is 90.1 Å². The van der Waals surface area contributed by atoms with Crippen LogP contribution < -0.4 is 27.4 Å². The Morgan fingerprint density at radius 2 is 1.73 bits per heavy atom. The van der Waals surface area contributed by atoms with Crippen molar-refractivity contribution in [1.82, 2.24) is 13.7 Å². The number of halogens is 1. The fourth-order valence-electron chi connectivity index (χ4n) is 4.82. The second-order valence-corrected chi connectivity index (χ2v) is 11.3. The number of rotatable bonds is 6. The number of hydrogen-bond acceptors (Lipinski definition) is 5. The Morgan fingerprint density at radius 1 is 1.00 bits per heavy atom. The first-order valence-electron chi connectivity index (χ1n) is 12.4. The van der Waals surface area contributed by atoms with E-state index >= 15 is 0 Å². The normalized spacial score (nSPS) is 13.4. The van der Waals surface area contributed by atoms with Crippen LogP contribution in [0.5, 0.6) is 0 Å². The van der Waals surface area contributed by atoms with E-state index in [2.05, 4.69) is 33.2 Å². The fourth-order valence-corrected chi connectivity index (χ4v) is 5.47. The molecule has 8 nitrogen and oxygen atoms in total. The Morgan fingerprint density at radius 3 is 2.38 bits per heavy atom. The Labute approximate surface area is 228 Å². The summed E-state index contributed by atoms with van der Waals surface area (Å²) in [5, 5.41) is 7.06. The first kappa shape index (κ1) is 25.3. The summed E-state index contributed by atoms with van der Waals surface area (Å²) in [6.45, 7) is 7.74. The molecule has 0 amide bonds. The van der Waals surface area contributed by atoms with Crippen LogP contribution in [0.25, 0.3) is 16.6 Å². The van der Waals surface area contributed by atoms with E-state index in [1.165, 1.54) is 13.7 Å². The van der Waals surface area contributed by atoms with Crippen LogP contribution in [0.2, 0.25) is 0 Å². The lowest BCUT2D eigenvalue weighted by molar-refractivity contribution is 0.643. The highest BCUT2D eigenvalue weighted by Gasteiger charge is 2.31. The first-order valence-corrected chi connectivity index (χ1v) is 13.5. The molecular formula is C28H30IN5O3. The van der Waals surface area contributed by atoms with Gasteiger partial charge in [0.15, 0.2) is 0 Å². The van der Waals surface area contributed by atoms with Gasteiger partial charge in [-0.3, -0.25) is 23.3 Å². The van der Waals surface area contributed by atoms with Gasteiger partial charge in [0.05, 0.1) is 11.2 Å². The van der Waals surface area contributed by atoms with Crippen LogP contribution in [0.1, 0.15) is 43.9 Å². The van der Waals surface area contributed by atoms with E-state index in [9.17, 15) is 14.4 Å². The van der Waals surface area contributed by atoms with E-state index in [-0.39, 0.29) is 23.2 Å². The lowest BCUT2D eigenvalue weighted by Gasteiger charge is -2.21. The van der Waals surface area contributed by atoms with Gasteiger partial charge in [0.2, 0.25) is 0 Å². The van der Waals surface area contributed by atoms with Crippen LogP contribution in [0, 0.1) is 17.4 Å². The summed E-state index contributed by atoms with van der Waals surface area (Å²) in [7, 11) is 1.66. The molecule has 1 saturated carbocycles. The van der Waals surface area contributed by atoms with Gasteiger partial charge in [0, 0.05) is 39.6 Å². The summed E-state index contributed by atoms with van der Waals surface area (Å²) < 4.78 is 5.45. The molecule has 2 heterocycles. The van der Waals surface area contributed by atoms with Gasteiger partial charge < -0.3 is 10.6 Å². The zero-order valence-electron chi connectivity index (χ0n) is 21.6. The molecule has 1 aliphatic rings. The highest BCUT2D eigenvalue weighted by atomic mass is 127. The molecule has 1 aliphatic carbocycles. The first-order chi connectivity index (χ1) is 17.6. The van der Waals surface area contributed by atoms with Crippen LogP contribution in [-0.2, 0) is 7.05 Å². The minimum absolute atomic E-state index is 0.141. The van der Waals surface area contributed by atoms with Crippen molar-refractivity contribution < 1.29 is 0 Å². The molecule has 0 aliphatic heterocycles. The van der Waals surface area contributed by atoms with Crippen LogP contribution in [-0.4, -0.2) is 19.7 Å². The van der Waals surface area contributed by atoms with Crippen LogP contribution in [0.4, 0.5) is 17.2 Å². The molecule has 192 valence electrons. The van der Waals surface area contributed by atoms with Crippen molar-refractivity contribution in [2.75, 3.05) is 10.6 Å². The minimum Gasteiger partial charge on any atom is -0.383 e. The van der Waals surface area contributed by atoms with Crippen LogP contribution >= 0.6 is 22.6 Å². The number of nitrogens with zero attached hydrogens (tertiary/aromatic N) is 3. The molecule has 1 fully saturated rings. The summed E-state index contributed by atoms with van der Waals surface area (Å²) in [5.74, 6) is 0.375. The number of aromatic nitrogens is 3. The molecule has 9 heteroatoms. The standard InChI is InChI=1S/C28H30IN5O3/c1-15(2)30-19-7-6-8-21(14-19)33-24-17(4)26(35)32(5)25(31-22-12-9-18(29)13-16(22)3)23(24)27(36)34(28(33)37)20-10-11-20/h6-9,12-15,20,30-31H,10-11H2,1-5H3. The van der Waals surface area contributed by atoms with Gasteiger partial charge in [-0.1, -0.05) is 6.07 Å². The molecule has 2 N–H and O–H groups in total. The zero-order chi connectivity index (χ0) is 26.6. The van der Waals surface area contributed by atoms with E-state index in [4.69, 9.17) is 0 Å². The van der Waals surface area contributed by atoms with Crippen molar-refractivity contribution in [1.29, 1.82) is 0 Å². The molecule has 2 aromatic carbocycles. The molecule has 5 rings (SSSR count). The second-order valence-electron chi connectivity index (χ2n) is 10.0. The summed E-state index contributed by atoms with van der Waals surface area (Å²) in [5.41, 5.74) is 2.84. The fraction of sp³-hybridized carbons (Fsp3) is 0.321. The molecule has 0 unspecified atom stereocenters. The van der Waals surface area contributed by atoms with Gasteiger partial charge in [-0.2, -0.15) is 0 Å². The van der Waals surface area contributed by atoms with Crippen molar-refractivity contribution in [3.8, 4) is 5.69 Å². The molecule has 0 saturated heterocycles. The van der Waals surface area contributed by atoms with Crippen LogP contribution in [0.3, 0.4) is 0 Å². The van der Waals surface area contributed by atoms with Gasteiger partial charge >= 0.3 is 5.69 Å². The molecular weight excluding hydrogens is 581 g/mol. The van der Waals surface area contributed by atoms with Crippen molar-refractivity contribution in [3.63, 3.8) is 0 Å². The van der Waals surface area contributed by atoms with Crippen molar-refractivity contribution in [3.05, 3.63) is 88.4 Å². The average Bonchev–Trinajstić information content (AvgIpc) is 3.67. The number of fused-ring (bicyclic) bond motifs is 1. The maximum Gasteiger partial charge on any atom is 0.336 e. The van der Waals surface area contributed by atoms with Gasteiger partial charge in [-0.05, 0) is 105 Å². The largest absolute Gasteiger partial charge is 0.383 e. The van der Waals surface area contributed by atoms with Crippen molar-refractivity contribution in [2.24, 2.45) is 7.05 Å². The third kappa shape index (κ3) is 4.49. The number of anilines is 3. The van der Waals surface area contributed by atoms with E-state index in [1.807, 2.05) is 63.2 Å². The Hall–Kier alpha value is -3.34. The predicted molar refractivity (Wildman–Crippen MR) is 158 cm³/mol. The second kappa shape index (κ2) is 9.51. The maximum absolute atomic E-state index is 14.0. The summed E-state index contributed by atoms with van der Waals surface area (Å²) >= 11 is 2.25. The highest BCUT2D eigenvalue weighted by molar-refractivity contribution is 14.1. The number of benzene rings is 2. The maximum atomic E-state index is 14.0. The van der Waals surface area contributed by atoms with E-state index < -0.39 is 5.69 Å². The third-order valence-electron chi connectivity index (χ3n) is 6.76. The minimum atomic E-state index is -0.422. The third-order valence-corrected chi connectivity index (χ3v) is 7.43. The van der Waals surface area contributed by atoms with Gasteiger partial charge in [-0.25, -0.2) is 4.79 Å². The van der Waals surface area contributed by atoms with Gasteiger partial charge in [-0.15, -0.1) is 0 Å². The molecule has 0 atom stereocenters. The Kier molecular flexibility index (Phi) is 6.51. The molecule has 0 radical (unpaired) electrons. The molecule has 2 aromatic heterocycles. The summed E-state index contributed by atoms with van der Waals surface area (Å²) in [6.07, 6.45) is 1.55. The molecule has 0 spiro atoms. The predicted octanol–water partition coefficient (Wildman–Crippen LogP) is 4.97. The lowest BCUT2D eigenvalue weighted by atomic mass is 10.1. The number of nitrogens with one attached hydrogen (secondary N) is 2. The monoisotopic (exact) mass is 611 g/mol. The van der Waals surface area contributed by atoms with Gasteiger partial charge in [0.25, 0.3) is 11.1 Å². The Balaban J connectivity index is 1.90.